The molecule has 0 aromatic heterocycles. The number of rotatable bonds is 3. The van der Waals surface area contributed by atoms with Crippen LogP contribution in [0.2, 0.25) is 0 Å². The molecule has 0 saturated carbocycles. The summed E-state index contributed by atoms with van der Waals surface area (Å²) in [4.78, 5) is 31.0. The van der Waals surface area contributed by atoms with Crippen molar-refractivity contribution in [3.8, 4) is 0 Å². The number of hydrogen-bond acceptors (Lipinski definition) is 3. The topological polar surface area (TPSA) is 43.9 Å². The van der Waals surface area contributed by atoms with E-state index in [-0.39, 0.29) is 23.8 Å². The highest BCUT2D eigenvalue weighted by atomic mass is 16.2. The van der Waals surface area contributed by atoms with Crippen molar-refractivity contribution in [1.29, 1.82) is 0 Å². The van der Waals surface area contributed by atoms with E-state index in [4.69, 9.17) is 0 Å². The van der Waals surface area contributed by atoms with E-state index in [1.165, 1.54) is 5.69 Å². The zero-order valence-corrected chi connectivity index (χ0v) is 14.6. The fourth-order valence-electron chi connectivity index (χ4n) is 3.69. The Hall–Kier alpha value is -2.04. The van der Waals surface area contributed by atoms with E-state index in [1.807, 2.05) is 41.8 Å². The van der Waals surface area contributed by atoms with Gasteiger partial charge >= 0.3 is 0 Å². The maximum Gasteiger partial charge on any atom is 0.228 e. The summed E-state index contributed by atoms with van der Waals surface area (Å²) in [5.41, 5.74) is 1.22. The van der Waals surface area contributed by atoms with Gasteiger partial charge in [-0.2, -0.15) is 0 Å². The number of benzene rings is 1. The molecule has 2 saturated heterocycles. The predicted molar refractivity (Wildman–Crippen MR) is 94.8 cm³/mol. The molecular weight excluding hydrogens is 302 g/mol. The molecule has 0 N–H and O–H groups in total. The third-order valence-electron chi connectivity index (χ3n) is 5.06. The van der Waals surface area contributed by atoms with E-state index in [0.717, 1.165) is 32.6 Å². The molecule has 24 heavy (non-hydrogen) atoms. The number of anilines is 1. The first-order valence-corrected chi connectivity index (χ1v) is 8.94. The first-order valence-electron chi connectivity index (χ1n) is 8.94. The quantitative estimate of drug-likeness (QED) is 0.852. The Labute approximate surface area is 144 Å². The molecule has 0 radical (unpaired) electrons. The first kappa shape index (κ1) is 16.8. The Kier molecular flexibility index (Phi) is 5.07. The van der Waals surface area contributed by atoms with E-state index in [2.05, 4.69) is 17.0 Å². The van der Waals surface area contributed by atoms with Crippen LogP contribution in [0.1, 0.15) is 26.7 Å². The van der Waals surface area contributed by atoms with Crippen LogP contribution in [0.3, 0.4) is 0 Å². The van der Waals surface area contributed by atoms with Crippen LogP contribution in [0.4, 0.5) is 5.69 Å². The standard InChI is InChI=1S/C19H27N3O2/c1-15(2)22-14-16(13-18(22)23)19(24)21-10-6-9-20(11-12-21)17-7-4-3-5-8-17/h3-5,7-8,15-16H,6,9-14H2,1-2H3/t16-/m0/s1. The second-order valence-electron chi connectivity index (χ2n) is 7.04. The summed E-state index contributed by atoms with van der Waals surface area (Å²) in [6, 6.07) is 10.5. The van der Waals surface area contributed by atoms with Gasteiger partial charge in [0.05, 0.1) is 5.92 Å². The zero-order valence-electron chi connectivity index (χ0n) is 14.6. The van der Waals surface area contributed by atoms with Gasteiger partial charge in [0.25, 0.3) is 0 Å². The minimum atomic E-state index is -0.164. The molecule has 0 unspecified atom stereocenters. The molecule has 1 aromatic rings. The molecule has 2 heterocycles. The molecule has 130 valence electrons. The van der Waals surface area contributed by atoms with Gasteiger partial charge in [0, 0.05) is 50.9 Å². The molecule has 1 atom stereocenters. The van der Waals surface area contributed by atoms with Crippen LogP contribution >= 0.6 is 0 Å². The normalized spacial score (nSPS) is 22.2. The Morgan fingerprint density at radius 3 is 2.50 bits per heavy atom. The maximum atomic E-state index is 12.8. The lowest BCUT2D eigenvalue weighted by atomic mass is 10.1. The van der Waals surface area contributed by atoms with Gasteiger partial charge in [-0.05, 0) is 32.4 Å². The van der Waals surface area contributed by atoms with Crippen molar-refractivity contribution in [3.05, 3.63) is 30.3 Å². The van der Waals surface area contributed by atoms with Gasteiger partial charge in [-0.25, -0.2) is 0 Å². The molecule has 0 aliphatic carbocycles. The third kappa shape index (κ3) is 3.55. The van der Waals surface area contributed by atoms with Gasteiger partial charge in [-0.15, -0.1) is 0 Å². The lowest BCUT2D eigenvalue weighted by Gasteiger charge is -2.26. The van der Waals surface area contributed by atoms with Gasteiger partial charge in [-0.3, -0.25) is 9.59 Å². The van der Waals surface area contributed by atoms with Crippen LogP contribution in [0.5, 0.6) is 0 Å². The molecule has 0 spiro atoms. The SMILES string of the molecule is CC(C)N1C[C@@H](C(=O)N2CCCN(c3ccccc3)CC2)CC1=O. The van der Waals surface area contributed by atoms with Crippen LogP contribution in [0.15, 0.2) is 30.3 Å². The molecule has 5 nitrogen and oxygen atoms in total. The number of hydrogen-bond donors (Lipinski definition) is 0. The average molecular weight is 329 g/mol. The van der Waals surface area contributed by atoms with Gasteiger partial charge in [0.15, 0.2) is 0 Å². The number of nitrogens with zero attached hydrogens (tertiary/aromatic N) is 3. The lowest BCUT2D eigenvalue weighted by molar-refractivity contribution is -0.135. The molecule has 2 fully saturated rings. The molecule has 3 rings (SSSR count). The van der Waals surface area contributed by atoms with Crippen LogP contribution in [0, 0.1) is 5.92 Å². The minimum Gasteiger partial charge on any atom is -0.370 e. The van der Waals surface area contributed by atoms with Crippen LogP contribution in [-0.4, -0.2) is 60.4 Å². The van der Waals surface area contributed by atoms with Crippen LogP contribution in [0.25, 0.3) is 0 Å². The van der Waals surface area contributed by atoms with Crippen molar-refractivity contribution in [2.24, 2.45) is 5.92 Å². The average Bonchev–Trinajstić information content (AvgIpc) is 2.82. The fraction of sp³-hybridized carbons (Fsp3) is 0.579. The Balaban J connectivity index is 1.60. The Morgan fingerprint density at radius 1 is 1.08 bits per heavy atom. The van der Waals surface area contributed by atoms with E-state index < -0.39 is 0 Å². The van der Waals surface area contributed by atoms with E-state index in [9.17, 15) is 9.59 Å². The first-order chi connectivity index (χ1) is 11.6. The number of para-hydroxylation sites is 1. The van der Waals surface area contributed by atoms with Crippen molar-refractivity contribution < 1.29 is 9.59 Å². The molecule has 5 heteroatoms. The largest absolute Gasteiger partial charge is 0.370 e. The third-order valence-corrected chi connectivity index (χ3v) is 5.06. The molecule has 2 aliphatic rings. The molecule has 2 aliphatic heterocycles. The summed E-state index contributed by atoms with van der Waals surface area (Å²) in [6.07, 6.45) is 1.34. The number of carbonyl (C=O) groups is 2. The lowest BCUT2D eigenvalue weighted by Crippen LogP contribution is -2.40. The van der Waals surface area contributed by atoms with Crippen molar-refractivity contribution in [3.63, 3.8) is 0 Å². The van der Waals surface area contributed by atoms with E-state index >= 15 is 0 Å². The summed E-state index contributed by atoms with van der Waals surface area (Å²) in [6.45, 7) is 7.94. The highest BCUT2D eigenvalue weighted by Crippen LogP contribution is 2.23. The predicted octanol–water partition coefficient (Wildman–Crippen LogP) is 1.98. The van der Waals surface area contributed by atoms with Gasteiger partial charge in [-0.1, -0.05) is 18.2 Å². The van der Waals surface area contributed by atoms with Crippen molar-refractivity contribution in [2.75, 3.05) is 37.6 Å². The molecule has 1 aromatic carbocycles. The van der Waals surface area contributed by atoms with Crippen LogP contribution in [-0.2, 0) is 9.59 Å². The molecule has 2 amide bonds. The zero-order chi connectivity index (χ0) is 17.1. The molecular formula is C19H27N3O2. The van der Waals surface area contributed by atoms with Gasteiger partial charge in [0.2, 0.25) is 11.8 Å². The summed E-state index contributed by atoms with van der Waals surface area (Å²) in [5, 5.41) is 0. The van der Waals surface area contributed by atoms with E-state index in [0.29, 0.717) is 13.0 Å². The second kappa shape index (κ2) is 7.24. The van der Waals surface area contributed by atoms with E-state index in [1.54, 1.807) is 0 Å². The summed E-state index contributed by atoms with van der Waals surface area (Å²) >= 11 is 0. The number of amides is 2. The monoisotopic (exact) mass is 329 g/mol. The van der Waals surface area contributed by atoms with Crippen molar-refractivity contribution >= 4 is 17.5 Å². The fourth-order valence-corrected chi connectivity index (χ4v) is 3.69. The summed E-state index contributed by atoms with van der Waals surface area (Å²) in [5.74, 6) is 0.105. The van der Waals surface area contributed by atoms with Crippen LogP contribution < -0.4 is 4.90 Å². The van der Waals surface area contributed by atoms with Crippen molar-refractivity contribution in [1.82, 2.24) is 9.80 Å². The van der Waals surface area contributed by atoms with Gasteiger partial charge < -0.3 is 14.7 Å². The van der Waals surface area contributed by atoms with Crippen molar-refractivity contribution in [2.45, 2.75) is 32.7 Å². The number of carbonyl (C=O) groups excluding carboxylic acids is 2. The Morgan fingerprint density at radius 2 is 1.83 bits per heavy atom. The maximum absolute atomic E-state index is 12.8. The second-order valence-corrected chi connectivity index (χ2v) is 7.04. The molecule has 0 bridgehead atoms. The summed E-state index contributed by atoms with van der Waals surface area (Å²) < 4.78 is 0. The number of likely N-dealkylation sites (tertiary alicyclic amines) is 1. The minimum absolute atomic E-state index is 0.115. The van der Waals surface area contributed by atoms with Gasteiger partial charge in [0.1, 0.15) is 0 Å². The smallest absolute Gasteiger partial charge is 0.228 e. The highest BCUT2D eigenvalue weighted by Gasteiger charge is 2.37. The highest BCUT2D eigenvalue weighted by molar-refractivity contribution is 5.89. The Bertz CT molecular complexity index is 588. The summed E-state index contributed by atoms with van der Waals surface area (Å²) in [7, 11) is 0.